The minimum Gasteiger partial charge on any atom is -0.474 e. The smallest absolute Gasteiger partial charge is 0.330 e. The van der Waals surface area contributed by atoms with Crippen molar-refractivity contribution in [1.29, 1.82) is 0 Å². The molecule has 0 atom stereocenters. The average molecular weight is 266 g/mol. The van der Waals surface area contributed by atoms with Crippen LogP contribution in [0.25, 0.3) is 6.08 Å². The summed E-state index contributed by atoms with van der Waals surface area (Å²) in [6.45, 7) is 6.73. The molecule has 1 aromatic rings. The fraction of sp³-hybridized carbons (Fsp3) is 0.500. The predicted molar refractivity (Wildman–Crippen MR) is 76.6 cm³/mol. The molecule has 0 aliphatic rings. The van der Waals surface area contributed by atoms with Crippen molar-refractivity contribution in [3.63, 3.8) is 0 Å². The number of esters is 1. The van der Waals surface area contributed by atoms with Gasteiger partial charge in [-0.3, -0.25) is 0 Å². The Morgan fingerprint density at radius 3 is 2.44 bits per heavy atom. The van der Waals surface area contributed by atoms with Crippen LogP contribution < -0.4 is 5.38 Å². The van der Waals surface area contributed by atoms with Gasteiger partial charge in [0.05, 0.1) is 18.8 Å². The van der Waals surface area contributed by atoms with Gasteiger partial charge in [0.2, 0.25) is 0 Å². The standard InChI is InChI=1S/C14H22O3Si/c1-5-18(6-2,7-3)14-10-12(11-17-14)8-9-13(15)16-4/h8-11H,5-7H2,1-4H3/b9-8-. The van der Waals surface area contributed by atoms with E-state index < -0.39 is 8.07 Å². The zero-order valence-corrected chi connectivity index (χ0v) is 12.7. The highest BCUT2D eigenvalue weighted by Gasteiger charge is 2.32. The van der Waals surface area contributed by atoms with Gasteiger partial charge in [0.1, 0.15) is 8.07 Å². The lowest BCUT2D eigenvalue weighted by atomic mass is 10.3. The van der Waals surface area contributed by atoms with Gasteiger partial charge in [0.25, 0.3) is 0 Å². The highest BCUT2D eigenvalue weighted by Crippen LogP contribution is 2.21. The minimum atomic E-state index is -1.45. The number of carbonyl (C=O) groups is 1. The molecule has 0 unspecified atom stereocenters. The molecular formula is C14H22O3Si. The fourth-order valence-corrected chi connectivity index (χ4v) is 5.55. The summed E-state index contributed by atoms with van der Waals surface area (Å²) in [5, 5.41) is 1.14. The van der Waals surface area contributed by atoms with E-state index in [1.807, 2.05) is 0 Å². The van der Waals surface area contributed by atoms with Crippen molar-refractivity contribution in [2.24, 2.45) is 0 Å². The lowest BCUT2D eigenvalue weighted by Gasteiger charge is -2.24. The number of hydrogen-bond acceptors (Lipinski definition) is 3. The molecule has 4 heteroatoms. The normalized spacial score (nSPS) is 12.0. The number of methoxy groups -OCH3 is 1. The van der Waals surface area contributed by atoms with Gasteiger partial charge < -0.3 is 9.15 Å². The molecule has 0 aliphatic heterocycles. The van der Waals surface area contributed by atoms with E-state index >= 15 is 0 Å². The number of carbonyl (C=O) groups excluding carboxylic acids is 1. The van der Waals surface area contributed by atoms with Crippen molar-refractivity contribution in [2.45, 2.75) is 38.9 Å². The van der Waals surface area contributed by atoms with E-state index in [2.05, 4.69) is 31.6 Å². The molecule has 3 nitrogen and oxygen atoms in total. The second kappa shape index (κ2) is 6.59. The highest BCUT2D eigenvalue weighted by molar-refractivity contribution is 6.90. The van der Waals surface area contributed by atoms with E-state index in [0.717, 1.165) is 10.9 Å². The first-order valence-electron chi connectivity index (χ1n) is 6.47. The monoisotopic (exact) mass is 266 g/mol. The third-order valence-corrected chi connectivity index (χ3v) is 9.15. The van der Waals surface area contributed by atoms with E-state index in [4.69, 9.17) is 4.42 Å². The molecule has 0 N–H and O–H groups in total. The first kappa shape index (κ1) is 14.8. The quantitative estimate of drug-likeness (QED) is 0.451. The highest BCUT2D eigenvalue weighted by atomic mass is 28.3. The van der Waals surface area contributed by atoms with Crippen LogP contribution in [-0.2, 0) is 9.53 Å². The summed E-state index contributed by atoms with van der Waals surface area (Å²) in [4.78, 5) is 11.0. The van der Waals surface area contributed by atoms with Crippen molar-refractivity contribution < 1.29 is 13.9 Å². The zero-order chi connectivity index (χ0) is 13.6. The molecule has 0 radical (unpaired) electrons. The molecule has 0 saturated heterocycles. The summed E-state index contributed by atoms with van der Waals surface area (Å²) in [6, 6.07) is 5.64. The van der Waals surface area contributed by atoms with E-state index in [9.17, 15) is 4.79 Å². The molecule has 0 amide bonds. The van der Waals surface area contributed by atoms with E-state index in [-0.39, 0.29) is 5.97 Å². The third kappa shape index (κ3) is 3.13. The van der Waals surface area contributed by atoms with E-state index in [1.54, 1.807) is 12.3 Å². The summed E-state index contributed by atoms with van der Waals surface area (Å²) < 4.78 is 10.3. The van der Waals surface area contributed by atoms with Gasteiger partial charge in [-0.1, -0.05) is 38.9 Å². The summed E-state index contributed by atoms with van der Waals surface area (Å²) in [5.41, 5.74) is 0.933. The van der Waals surface area contributed by atoms with Crippen LogP contribution in [0.15, 0.2) is 22.8 Å². The van der Waals surface area contributed by atoms with Crippen LogP contribution in [-0.4, -0.2) is 21.2 Å². The van der Waals surface area contributed by atoms with Crippen LogP contribution in [0.2, 0.25) is 18.1 Å². The van der Waals surface area contributed by atoms with Gasteiger partial charge in [-0.05, 0) is 12.1 Å². The van der Waals surface area contributed by atoms with E-state index in [0.29, 0.717) is 0 Å². The van der Waals surface area contributed by atoms with Crippen LogP contribution in [0.1, 0.15) is 26.3 Å². The molecule has 100 valence electrons. The molecule has 0 saturated carbocycles. The maximum atomic E-state index is 11.0. The van der Waals surface area contributed by atoms with Gasteiger partial charge in [-0.25, -0.2) is 4.79 Å². The Morgan fingerprint density at radius 2 is 1.94 bits per heavy atom. The molecule has 0 aliphatic carbocycles. The molecule has 1 heterocycles. The summed E-state index contributed by atoms with van der Waals surface area (Å²) in [5.74, 6) is -0.345. The molecule has 0 aromatic carbocycles. The van der Waals surface area contributed by atoms with Crippen molar-refractivity contribution in [3.05, 3.63) is 24.0 Å². The van der Waals surface area contributed by atoms with Crippen LogP contribution in [0.5, 0.6) is 0 Å². The Kier molecular flexibility index (Phi) is 5.41. The number of furan rings is 1. The van der Waals surface area contributed by atoms with Crippen LogP contribution in [0.3, 0.4) is 0 Å². The second-order valence-corrected chi connectivity index (χ2v) is 9.62. The Bertz CT molecular complexity index is 408. The predicted octanol–water partition coefficient (Wildman–Crippen LogP) is 3.18. The molecule has 0 fully saturated rings. The van der Waals surface area contributed by atoms with Crippen LogP contribution in [0, 0.1) is 0 Å². The van der Waals surface area contributed by atoms with Gasteiger partial charge in [0, 0.05) is 11.6 Å². The molecular weight excluding hydrogens is 244 g/mol. The van der Waals surface area contributed by atoms with Crippen molar-refractivity contribution >= 4 is 25.5 Å². The topological polar surface area (TPSA) is 39.4 Å². The van der Waals surface area contributed by atoms with Gasteiger partial charge in [0.15, 0.2) is 0 Å². The van der Waals surface area contributed by atoms with Gasteiger partial charge in [-0.2, -0.15) is 0 Å². The van der Waals surface area contributed by atoms with Crippen molar-refractivity contribution in [1.82, 2.24) is 0 Å². The first-order valence-corrected chi connectivity index (χ1v) is 9.09. The Morgan fingerprint density at radius 1 is 1.33 bits per heavy atom. The number of ether oxygens (including phenoxy) is 1. The third-order valence-electron chi connectivity index (χ3n) is 3.79. The Labute approximate surface area is 110 Å². The van der Waals surface area contributed by atoms with Crippen LogP contribution >= 0.6 is 0 Å². The summed E-state index contributed by atoms with van der Waals surface area (Å²) in [6.07, 6.45) is 4.87. The maximum absolute atomic E-state index is 11.0. The Balaban J connectivity index is 2.91. The number of rotatable bonds is 6. The van der Waals surface area contributed by atoms with Crippen molar-refractivity contribution in [2.75, 3.05) is 7.11 Å². The van der Waals surface area contributed by atoms with Crippen molar-refractivity contribution in [3.8, 4) is 0 Å². The zero-order valence-electron chi connectivity index (χ0n) is 11.7. The van der Waals surface area contributed by atoms with Crippen LogP contribution in [0.4, 0.5) is 0 Å². The SMILES string of the molecule is CC[Si](CC)(CC)c1cc(/C=C\C(=O)OC)co1. The van der Waals surface area contributed by atoms with E-state index in [1.165, 1.54) is 31.3 Å². The molecule has 18 heavy (non-hydrogen) atoms. The lowest BCUT2D eigenvalue weighted by Crippen LogP contribution is -2.44. The van der Waals surface area contributed by atoms with Gasteiger partial charge >= 0.3 is 5.97 Å². The largest absolute Gasteiger partial charge is 0.474 e. The molecule has 1 rings (SSSR count). The molecule has 0 bridgehead atoms. The van der Waals surface area contributed by atoms with Gasteiger partial charge in [-0.15, -0.1) is 0 Å². The maximum Gasteiger partial charge on any atom is 0.330 e. The average Bonchev–Trinajstić information content (AvgIpc) is 2.88. The minimum absolute atomic E-state index is 0.345. The first-order chi connectivity index (χ1) is 8.61. The molecule has 1 aromatic heterocycles. The number of hydrogen-bond donors (Lipinski definition) is 0. The summed E-state index contributed by atoms with van der Waals surface area (Å²) in [7, 11) is -0.0822. The molecule has 0 spiro atoms. The fourth-order valence-electron chi connectivity index (χ4n) is 2.22. The second-order valence-electron chi connectivity index (χ2n) is 4.44. The lowest BCUT2D eigenvalue weighted by molar-refractivity contribution is -0.134. The summed E-state index contributed by atoms with van der Waals surface area (Å²) >= 11 is 0. The Hall–Kier alpha value is -1.29.